The first-order valence-corrected chi connectivity index (χ1v) is 4.19. The monoisotopic (exact) mass is 220 g/mol. The predicted molar refractivity (Wildman–Crippen MR) is 54.6 cm³/mol. The molecule has 2 N–H and O–H groups in total. The number of ether oxygens (including phenoxy) is 1. The van der Waals surface area contributed by atoms with Crippen LogP contribution in [-0.2, 0) is 4.79 Å². The van der Waals surface area contributed by atoms with Crippen molar-refractivity contribution in [2.75, 3.05) is 7.11 Å². The number of carbonyl (C=O) groups excluding carboxylic acids is 1. The number of phenolic OH excluding ortho intramolecular Hbond substituents is 1. The Labute approximate surface area is 91.3 Å². The highest BCUT2D eigenvalue weighted by molar-refractivity contribution is 5.89. The van der Waals surface area contributed by atoms with Gasteiger partial charge in [-0.2, -0.15) is 0 Å². The first kappa shape index (κ1) is 11.6. The van der Waals surface area contributed by atoms with E-state index in [9.17, 15) is 14.7 Å². The lowest BCUT2D eigenvalue weighted by atomic mass is 10.1. The summed E-state index contributed by atoms with van der Waals surface area (Å²) in [6.45, 7) is 0. The van der Waals surface area contributed by atoms with Gasteiger partial charge in [0.25, 0.3) is 0 Å². The number of aldehydes is 1. The average molecular weight is 220 g/mol. The van der Waals surface area contributed by atoms with Crippen LogP contribution in [0.15, 0.2) is 12.1 Å². The van der Waals surface area contributed by atoms with Crippen molar-refractivity contribution < 1.29 is 24.5 Å². The van der Waals surface area contributed by atoms with Gasteiger partial charge >= 0.3 is 5.97 Å². The van der Waals surface area contributed by atoms with E-state index in [2.05, 4.69) is 5.92 Å². The molecular weight excluding hydrogens is 212 g/mol. The van der Waals surface area contributed by atoms with Crippen molar-refractivity contribution in [2.24, 2.45) is 0 Å². The van der Waals surface area contributed by atoms with Crippen LogP contribution in [0.25, 0.3) is 0 Å². The van der Waals surface area contributed by atoms with Gasteiger partial charge < -0.3 is 14.9 Å². The maximum atomic E-state index is 10.7. The number of aliphatic carboxylic acids is 1. The second-order valence-electron chi connectivity index (χ2n) is 2.78. The van der Waals surface area contributed by atoms with E-state index in [1.807, 2.05) is 5.92 Å². The normalized spacial score (nSPS) is 8.81. The molecular formula is C11H8O5. The molecule has 0 heterocycles. The summed E-state index contributed by atoms with van der Waals surface area (Å²) in [7, 11) is 1.34. The van der Waals surface area contributed by atoms with Crippen LogP contribution < -0.4 is 4.74 Å². The zero-order valence-electron chi connectivity index (χ0n) is 8.35. The first-order chi connectivity index (χ1) is 7.58. The number of rotatable bonds is 2. The molecule has 0 aliphatic heterocycles. The molecule has 1 aromatic carbocycles. The van der Waals surface area contributed by atoms with E-state index < -0.39 is 5.97 Å². The lowest BCUT2D eigenvalue weighted by molar-refractivity contribution is -0.130. The Morgan fingerprint density at radius 1 is 1.50 bits per heavy atom. The summed E-state index contributed by atoms with van der Waals surface area (Å²) in [5.74, 6) is 2.73. The lowest BCUT2D eigenvalue weighted by Gasteiger charge is -2.05. The van der Waals surface area contributed by atoms with Crippen LogP contribution in [0.2, 0.25) is 0 Å². The van der Waals surface area contributed by atoms with Crippen LogP contribution in [0, 0.1) is 11.8 Å². The van der Waals surface area contributed by atoms with Crippen molar-refractivity contribution in [1.82, 2.24) is 0 Å². The van der Waals surface area contributed by atoms with Gasteiger partial charge in [-0.15, -0.1) is 0 Å². The third-order valence-electron chi connectivity index (χ3n) is 1.78. The summed E-state index contributed by atoms with van der Waals surface area (Å²) < 4.78 is 4.79. The molecule has 16 heavy (non-hydrogen) atoms. The third kappa shape index (κ3) is 2.51. The fraction of sp³-hybridized carbons (Fsp3) is 0.0909. The van der Waals surface area contributed by atoms with Crippen molar-refractivity contribution in [1.29, 1.82) is 0 Å². The fourth-order valence-electron chi connectivity index (χ4n) is 1.07. The summed E-state index contributed by atoms with van der Waals surface area (Å²) in [5, 5.41) is 17.8. The minimum atomic E-state index is -1.31. The summed E-state index contributed by atoms with van der Waals surface area (Å²) in [6, 6.07) is 2.46. The minimum Gasteiger partial charge on any atom is -0.504 e. The summed E-state index contributed by atoms with van der Waals surface area (Å²) in [5.41, 5.74) is 0.291. The van der Waals surface area contributed by atoms with Crippen LogP contribution in [0.4, 0.5) is 0 Å². The molecule has 5 heteroatoms. The quantitative estimate of drug-likeness (QED) is 0.564. The summed E-state index contributed by atoms with van der Waals surface area (Å²) in [6.07, 6.45) is 0.508. The molecule has 82 valence electrons. The van der Waals surface area contributed by atoms with E-state index in [4.69, 9.17) is 9.84 Å². The van der Waals surface area contributed by atoms with E-state index in [0.717, 1.165) is 0 Å². The lowest BCUT2D eigenvalue weighted by Crippen LogP contribution is -1.93. The second kappa shape index (κ2) is 4.84. The van der Waals surface area contributed by atoms with Crippen molar-refractivity contribution in [3.63, 3.8) is 0 Å². The van der Waals surface area contributed by atoms with E-state index in [0.29, 0.717) is 6.29 Å². The van der Waals surface area contributed by atoms with E-state index in [1.165, 1.54) is 19.2 Å². The average Bonchev–Trinajstić information content (AvgIpc) is 2.26. The minimum absolute atomic E-state index is 0.128. The molecule has 1 rings (SSSR count). The van der Waals surface area contributed by atoms with Gasteiger partial charge in [0, 0.05) is 23.1 Å². The zero-order chi connectivity index (χ0) is 12.1. The number of phenols is 1. The predicted octanol–water partition coefficient (Wildman–Crippen LogP) is 0.649. The third-order valence-corrected chi connectivity index (χ3v) is 1.78. The molecule has 0 atom stereocenters. The second-order valence-corrected chi connectivity index (χ2v) is 2.78. The van der Waals surface area contributed by atoms with Crippen LogP contribution >= 0.6 is 0 Å². The van der Waals surface area contributed by atoms with Crippen molar-refractivity contribution >= 4 is 12.3 Å². The molecule has 0 bridgehead atoms. The topological polar surface area (TPSA) is 83.8 Å². The Morgan fingerprint density at radius 2 is 2.19 bits per heavy atom. The Balaban J connectivity index is 3.30. The smallest absolute Gasteiger partial charge is 0.382 e. The van der Waals surface area contributed by atoms with Gasteiger partial charge in [0.15, 0.2) is 17.8 Å². The Bertz CT molecular complexity index is 493. The van der Waals surface area contributed by atoms with Gasteiger partial charge in [-0.25, -0.2) is 4.79 Å². The van der Waals surface area contributed by atoms with Gasteiger partial charge in [0.1, 0.15) is 0 Å². The molecule has 0 unspecified atom stereocenters. The number of hydrogen-bond acceptors (Lipinski definition) is 4. The molecule has 0 aliphatic carbocycles. The van der Waals surface area contributed by atoms with Crippen LogP contribution in [0.1, 0.15) is 15.9 Å². The highest BCUT2D eigenvalue weighted by Crippen LogP contribution is 2.28. The first-order valence-electron chi connectivity index (χ1n) is 4.19. The molecule has 1 aromatic rings. The fourth-order valence-corrected chi connectivity index (χ4v) is 1.07. The number of carboxylic acids is 1. The number of methoxy groups -OCH3 is 1. The van der Waals surface area contributed by atoms with Crippen LogP contribution in [0.3, 0.4) is 0 Å². The van der Waals surface area contributed by atoms with Gasteiger partial charge in [0.2, 0.25) is 0 Å². The van der Waals surface area contributed by atoms with E-state index in [1.54, 1.807) is 0 Å². The highest BCUT2D eigenvalue weighted by atomic mass is 16.5. The molecule has 5 nitrogen and oxygen atoms in total. The molecule has 0 saturated carbocycles. The Kier molecular flexibility index (Phi) is 3.51. The number of hydrogen-bond donors (Lipinski definition) is 2. The van der Waals surface area contributed by atoms with Crippen molar-refractivity contribution in [2.45, 2.75) is 0 Å². The summed E-state index contributed by atoms with van der Waals surface area (Å²) >= 11 is 0. The maximum Gasteiger partial charge on any atom is 0.382 e. The van der Waals surface area contributed by atoms with Crippen LogP contribution in [-0.4, -0.2) is 29.6 Å². The maximum absolute atomic E-state index is 10.7. The molecule has 0 radical (unpaired) electrons. The largest absolute Gasteiger partial charge is 0.504 e. The number of benzene rings is 1. The highest BCUT2D eigenvalue weighted by Gasteiger charge is 2.07. The zero-order valence-corrected chi connectivity index (χ0v) is 8.35. The SMILES string of the molecule is COc1cc(C=O)c(C#CC(=O)O)cc1O. The standard InChI is InChI=1S/C11H8O5/c1-16-10-5-8(6-12)7(4-9(10)13)2-3-11(14)15/h4-6,13H,1H3,(H,14,15). The van der Waals surface area contributed by atoms with Gasteiger partial charge in [-0.05, 0) is 6.07 Å². The Hall–Kier alpha value is -2.48. The number of aromatic hydroxyl groups is 1. The molecule has 0 saturated heterocycles. The van der Waals surface area contributed by atoms with Gasteiger partial charge in [0.05, 0.1) is 7.11 Å². The number of carboxylic acid groups (broad SMARTS) is 1. The Morgan fingerprint density at radius 3 is 2.69 bits per heavy atom. The van der Waals surface area contributed by atoms with Gasteiger partial charge in [-0.3, -0.25) is 4.79 Å². The number of carbonyl (C=O) groups is 2. The van der Waals surface area contributed by atoms with Crippen LogP contribution in [0.5, 0.6) is 11.5 Å². The van der Waals surface area contributed by atoms with E-state index in [-0.39, 0.29) is 22.6 Å². The molecule has 0 amide bonds. The molecule has 0 fully saturated rings. The summed E-state index contributed by atoms with van der Waals surface area (Å²) in [4.78, 5) is 20.9. The molecule has 0 spiro atoms. The molecule has 0 aromatic heterocycles. The van der Waals surface area contributed by atoms with E-state index >= 15 is 0 Å². The van der Waals surface area contributed by atoms with Gasteiger partial charge in [-0.1, -0.05) is 5.92 Å². The van der Waals surface area contributed by atoms with Crippen molar-refractivity contribution in [3.05, 3.63) is 23.3 Å². The molecule has 0 aliphatic rings. The van der Waals surface area contributed by atoms with Crippen molar-refractivity contribution in [3.8, 4) is 23.3 Å².